The van der Waals surface area contributed by atoms with Crippen molar-refractivity contribution in [2.24, 2.45) is 5.73 Å². The van der Waals surface area contributed by atoms with Crippen molar-refractivity contribution in [1.29, 1.82) is 0 Å². The summed E-state index contributed by atoms with van der Waals surface area (Å²) in [4.78, 5) is 4.45. The third-order valence-corrected chi connectivity index (χ3v) is 4.10. The van der Waals surface area contributed by atoms with Gasteiger partial charge in [-0.2, -0.15) is 4.98 Å². The van der Waals surface area contributed by atoms with Crippen LogP contribution in [0.3, 0.4) is 0 Å². The van der Waals surface area contributed by atoms with Crippen LogP contribution < -0.4 is 5.73 Å². The molecular weight excluding hydrogens is 286 g/mol. The lowest BCUT2D eigenvalue weighted by Gasteiger charge is -2.18. The molecule has 0 aliphatic carbocycles. The monoisotopic (exact) mass is 315 g/mol. The summed E-state index contributed by atoms with van der Waals surface area (Å²) in [5, 5.41) is 4.07. The van der Waals surface area contributed by atoms with Crippen LogP contribution in [0.15, 0.2) is 28.8 Å². The number of unbranched alkanes of at least 4 members (excludes halogenated alkanes) is 2. The van der Waals surface area contributed by atoms with E-state index in [1.165, 1.54) is 24.0 Å². The minimum atomic E-state index is -0.147. The van der Waals surface area contributed by atoms with Crippen molar-refractivity contribution >= 4 is 0 Å². The van der Waals surface area contributed by atoms with Gasteiger partial charge in [-0.1, -0.05) is 76.4 Å². The minimum Gasteiger partial charge on any atom is -0.338 e. The van der Waals surface area contributed by atoms with Gasteiger partial charge in [-0.3, -0.25) is 0 Å². The Labute approximate surface area is 139 Å². The largest absolute Gasteiger partial charge is 0.338 e. The molecule has 0 spiro atoms. The Morgan fingerprint density at radius 2 is 1.83 bits per heavy atom. The standard InChI is InChI=1S/C19H29N3O/c1-5-6-7-8-16(20)18-21-17(22-23-18)13-14-9-11-15(12-10-14)19(2,3)4/h9-12,16H,5-8,13,20H2,1-4H3/t16-/m0/s1. The van der Waals surface area contributed by atoms with Crippen molar-refractivity contribution < 1.29 is 4.52 Å². The van der Waals surface area contributed by atoms with Gasteiger partial charge in [0.15, 0.2) is 5.82 Å². The van der Waals surface area contributed by atoms with Crippen LogP contribution in [-0.4, -0.2) is 10.1 Å². The average Bonchev–Trinajstić information content (AvgIpc) is 2.95. The van der Waals surface area contributed by atoms with Crippen molar-refractivity contribution in [2.45, 2.75) is 71.3 Å². The van der Waals surface area contributed by atoms with Crippen LogP contribution in [0, 0.1) is 0 Å². The van der Waals surface area contributed by atoms with Crippen LogP contribution in [0.2, 0.25) is 0 Å². The Balaban J connectivity index is 1.96. The normalized spacial score (nSPS) is 13.3. The van der Waals surface area contributed by atoms with Gasteiger partial charge in [-0.15, -0.1) is 0 Å². The van der Waals surface area contributed by atoms with Gasteiger partial charge < -0.3 is 10.3 Å². The number of aromatic nitrogens is 2. The minimum absolute atomic E-state index is 0.147. The van der Waals surface area contributed by atoms with E-state index in [-0.39, 0.29) is 11.5 Å². The highest BCUT2D eigenvalue weighted by Crippen LogP contribution is 2.23. The summed E-state index contributed by atoms with van der Waals surface area (Å²) >= 11 is 0. The van der Waals surface area contributed by atoms with E-state index >= 15 is 0 Å². The van der Waals surface area contributed by atoms with Crippen LogP contribution in [0.5, 0.6) is 0 Å². The highest BCUT2D eigenvalue weighted by atomic mass is 16.5. The molecule has 126 valence electrons. The molecule has 2 aromatic rings. The average molecular weight is 315 g/mol. The van der Waals surface area contributed by atoms with Gasteiger partial charge in [-0.05, 0) is 23.0 Å². The molecule has 0 amide bonds. The van der Waals surface area contributed by atoms with E-state index in [9.17, 15) is 0 Å². The topological polar surface area (TPSA) is 64.9 Å². The summed E-state index contributed by atoms with van der Waals surface area (Å²) in [6.07, 6.45) is 5.05. The molecule has 4 nitrogen and oxygen atoms in total. The molecule has 23 heavy (non-hydrogen) atoms. The number of nitrogens with two attached hydrogens (primary N) is 1. The molecule has 4 heteroatoms. The van der Waals surface area contributed by atoms with Crippen LogP contribution >= 0.6 is 0 Å². The molecule has 2 rings (SSSR count). The zero-order chi connectivity index (χ0) is 16.9. The first-order chi connectivity index (χ1) is 10.9. The molecule has 0 bridgehead atoms. The van der Waals surface area contributed by atoms with E-state index in [4.69, 9.17) is 10.3 Å². The maximum absolute atomic E-state index is 6.11. The summed E-state index contributed by atoms with van der Waals surface area (Å²) in [6, 6.07) is 8.47. The van der Waals surface area contributed by atoms with E-state index in [1.54, 1.807) is 0 Å². The van der Waals surface area contributed by atoms with Crippen molar-refractivity contribution in [3.05, 3.63) is 47.1 Å². The lowest BCUT2D eigenvalue weighted by molar-refractivity contribution is 0.342. The fourth-order valence-electron chi connectivity index (χ4n) is 2.53. The Morgan fingerprint density at radius 1 is 1.13 bits per heavy atom. The van der Waals surface area contributed by atoms with Gasteiger partial charge in [0.05, 0.1) is 6.04 Å². The summed E-state index contributed by atoms with van der Waals surface area (Å²) in [6.45, 7) is 8.83. The quantitative estimate of drug-likeness (QED) is 0.762. The van der Waals surface area contributed by atoms with E-state index in [2.05, 4.69) is 62.1 Å². The van der Waals surface area contributed by atoms with Crippen LogP contribution in [-0.2, 0) is 11.8 Å². The number of hydrogen-bond acceptors (Lipinski definition) is 4. The smallest absolute Gasteiger partial charge is 0.243 e. The second kappa shape index (κ2) is 7.73. The molecule has 0 saturated heterocycles. The van der Waals surface area contributed by atoms with E-state index < -0.39 is 0 Å². The zero-order valence-corrected chi connectivity index (χ0v) is 14.8. The third kappa shape index (κ3) is 5.17. The fraction of sp³-hybridized carbons (Fsp3) is 0.579. The van der Waals surface area contributed by atoms with E-state index in [1.807, 2.05) is 0 Å². The summed E-state index contributed by atoms with van der Waals surface area (Å²) in [7, 11) is 0. The number of hydrogen-bond donors (Lipinski definition) is 1. The molecule has 1 aromatic carbocycles. The van der Waals surface area contributed by atoms with E-state index in [0.29, 0.717) is 18.1 Å². The van der Waals surface area contributed by atoms with Gasteiger partial charge in [0, 0.05) is 6.42 Å². The Kier molecular flexibility index (Phi) is 5.94. The summed E-state index contributed by atoms with van der Waals surface area (Å²) < 4.78 is 5.32. The van der Waals surface area contributed by atoms with Crippen molar-refractivity contribution in [1.82, 2.24) is 10.1 Å². The number of rotatable bonds is 7. The molecular formula is C19H29N3O. The number of benzene rings is 1. The van der Waals surface area contributed by atoms with Crippen LogP contribution in [0.4, 0.5) is 0 Å². The van der Waals surface area contributed by atoms with Crippen LogP contribution in [0.1, 0.15) is 82.3 Å². The Morgan fingerprint density at radius 3 is 2.43 bits per heavy atom. The molecule has 1 atom stereocenters. The Hall–Kier alpha value is -1.68. The second-order valence-corrected chi connectivity index (χ2v) is 7.27. The Bertz CT molecular complexity index is 596. The summed E-state index contributed by atoms with van der Waals surface area (Å²) in [5.41, 5.74) is 8.80. The van der Waals surface area contributed by atoms with Gasteiger partial charge in [0.2, 0.25) is 5.89 Å². The molecule has 0 aliphatic heterocycles. The summed E-state index contributed by atoms with van der Waals surface area (Å²) in [5.74, 6) is 1.26. The predicted molar refractivity (Wildman–Crippen MR) is 93.3 cm³/mol. The third-order valence-electron chi connectivity index (χ3n) is 4.10. The van der Waals surface area contributed by atoms with Gasteiger partial charge in [0.25, 0.3) is 0 Å². The second-order valence-electron chi connectivity index (χ2n) is 7.27. The predicted octanol–water partition coefficient (Wildman–Crippen LogP) is 4.54. The highest BCUT2D eigenvalue weighted by Gasteiger charge is 2.16. The molecule has 2 N–H and O–H groups in total. The molecule has 0 radical (unpaired) electrons. The fourth-order valence-corrected chi connectivity index (χ4v) is 2.53. The van der Waals surface area contributed by atoms with Crippen molar-refractivity contribution in [2.75, 3.05) is 0 Å². The molecule has 1 aromatic heterocycles. The van der Waals surface area contributed by atoms with Gasteiger partial charge >= 0.3 is 0 Å². The van der Waals surface area contributed by atoms with Gasteiger partial charge in [0.1, 0.15) is 0 Å². The number of nitrogens with zero attached hydrogens (tertiary/aromatic N) is 2. The van der Waals surface area contributed by atoms with Crippen molar-refractivity contribution in [3.8, 4) is 0 Å². The van der Waals surface area contributed by atoms with Gasteiger partial charge in [-0.25, -0.2) is 0 Å². The molecule has 1 heterocycles. The molecule has 0 saturated carbocycles. The maximum atomic E-state index is 6.11. The maximum Gasteiger partial charge on any atom is 0.243 e. The SMILES string of the molecule is CCCCC[C@H](N)c1nc(Cc2ccc(C(C)(C)C)cc2)no1. The first-order valence-electron chi connectivity index (χ1n) is 8.57. The molecule has 0 aliphatic rings. The lowest BCUT2D eigenvalue weighted by Crippen LogP contribution is -2.11. The lowest BCUT2D eigenvalue weighted by atomic mass is 9.86. The highest BCUT2D eigenvalue weighted by molar-refractivity contribution is 5.28. The first-order valence-corrected chi connectivity index (χ1v) is 8.57. The van der Waals surface area contributed by atoms with Crippen LogP contribution in [0.25, 0.3) is 0 Å². The first kappa shape index (κ1) is 17.7. The molecule has 0 fully saturated rings. The zero-order valence-electron chi connectivity index (χ0n) is 14.8. The van der Waals surface area contributed by atoms with E-state index in [0.717, 1.165) is 12.8 Å². The van der Waals surface area contributed by atoms with Crippen molar-refractivity contribution in [3.63, 3.8) is 0 Å². The molecule has 0 unspecified atom stereocenters.